The summed E-state index contributed by atoms with van der Waals surface area (Å²) >= 11 is 0. The maximum Gasteiger partial charge on any atom is 0.240 e. The van der Waals surface area contributed by atoms with E-state index in [9.17, 15) is 14.4 Å². The number of amides is 3. The molecule has 0 aromatic carbocycles. The molecule has 0 aliphatic carbocycles. The third kappa shape index (κ3) is 5.62. The van der Waals surface area contributed by atoms with Gasteiger partial charge in [-0.3, -0.25) is 14.4 Å². The number of carbonyl (C=O) groups is 3. The van der Waals surface area contributed by atoms with Crippen molar-refractivity contribution < 1.29 is 14.4 Å². The Bertz CT molecular complexity index is 321. The van der Waals surface area contributed by atoms with Crippen LogP contribution in [-0.4, -0.2) is 36.9 Å². The van der Waals surface area contributed by atoms with Crippen molar-refractivity contribution in [3.05, 3.63) is 0 Å². The number of primary amides is 1. The fourth-order valence-corrected chi connectivity index (χ4v) is 0.837. The van der Waals surface area contributed by atoms with Crippen molar-refractivity contribution in [3.8, 4) is 12.3 Å². The third-order valence-corrected chi connectivity index (χ3v) is 1.63. The zero-order chi connectivity index (χ0) is 12.6. The van der Waals surface area contributed by atoms with Crippen molar-refractivity contribution in [3.63, 3.8) is 0 Å². The van der Waals surface area contributed by atoms with Crippen LogP contribution in [0.3, 0.4) is 0 Å². The van der Waals surface area contributed by atoms with E-state index in [0.29, 0.717) is 0 Å². The van der Waals surface area contributed by atoms with Gasteiger partial charge in [-0.1, -0.05) is 0 Å². The fraction of sp³-hybridized carbons (Fsp3) is 0.444. The Morgan fingerprint density at radius 2 is 1.94 bits per heavy atom. The topological polar surface area (TPSA) is 127 Å². The molecule has 1 unspecified atom stereocenters. The molecule has 0 fully saturated rings. The van der Waals surface area contributed by atoms with Crippen molar-refractivity contribution in [2.45, 2.75) is 12.5 Å². The summed E-state index contributed by atoms with van der Waals surface area (Å²) in [6, 6.07) is -0.924. The Morgan fingerprint density at radius 1 is 1.31 bits per heavy atom. The second-order valence-corrected chi connectivity index (χ2v) is 2.91. The molecule has 16 heavy (non-hydrogen) atoms. The van der Waals surface area contributed by atoms with E-state index in [-0.39, 0.29) is 19.5 Å². The van der Waals surface area contributed by atoms with Crippen molar-refractivity contribution in [1.29, 1.82) is 0 Å². The highest BCUT2D eigenvalue weighted by Gasteiger charge is 2.16. The first kappa shape index (κ1) is 13.9. The van der Waals surface area contributed by atoms with Crippen LogP contribution in [0.15, 0.2) is 0 Å². The molecule has 0 spiro atoms. The summed E-state index contributed by atoms with van der Waals surface area (Å²) < 4.78 is 0. The van der Waals surface area contributed by atoms with Crippen LogP contribution in [0.5, 0.6) is 0 Å². The summed E-state index contributed by atoms with van der Waals surface area (Å²) in [5.41, 5.74) is 10.0. The smallest absolute Gasteiger partial charge is 0.240 e. The fourth-order valence-electron chi connectivity index (χ4n) is 0.837. The number of hydrogen-bond acceptors (Lipinski definition) is 4. The highest BCUT2D eigenvalue weighted by atomic mass is 16.2. The average Bonchev–Trinajstić information content (AvgIpc) is 2.25. The van der Waals surface area contributed by atoms with E-state index < -0.39 is 23.8 Å². The molecule has 0 radical (unpaired) electrons. The molecule has 0 saturated heterocycles. The lowest BCUT2D eigenvalue weighted by Crippen LogP contribution is -2.48. The molecule has 0 bridgehead atoms. The molecule has 3 amide bonds. The van der Waals surface area contributed by atoms with Crippen LogP contribution >= 0.6 is 0 Å². The summed E-state index contributed by atoms with van der Waals surface area (Å²) in [7, 11) is 0. The number of hydrogen-bond donors (Lipinski definition) is 4. The first-order valence-electron chi connectivity index (χ1n) is 4.50. The van der Waals surface area contributed by atoms with Gasteiger partial charge in [0.2, 0.25) is 17.7 Å². The van der Waals surface area contributed by atoms with E-state index in [0.717, 1.165) is 0 Å². The standard InChI is InChI=1S/C9H14N4O3/c1-2-3-6(9(11)16)13-8(15)5-12-7(14)4-10/h1,6H,3-5,10H2,(H2,11,16)(H,12,14)(H,13,15). The number of nitrogens with two attached hydrogens (primary N) is 2. The van der Waals surface area contributed by atoms with Gasteiger partial charge in [-0.25, -0.2) is 0 Å². The first-order valence-corrected chi connectivity index (χ1v) is 4.50. The predicted octanol–water partition coefficient (Wildman–Crippen LogP) is -2.95. The van der Waals surface area contributed by atoms with Crippen molar-refractivity contribution in [1.82, 2.24) is 10.6 Å². The van der Waals surface area contributed by atoms with E-state index in [2.05, 4.69) is 16.6 Å². The minimum Gasteiger partial charge on any atom is -0.368 e. The number of terminal acetylenes is 1. The Balaban J connectivity index is 4.06. The number of rotatable bonds is 6. The lowest BCUT2D eigenvalue weighted by molar-refractivity contribution is -0.128. The Labute approximate surface area is 92.9 Å². The Hall–Kier alpha value is -2.07. The predicted molar refractivity (Wildman–Crippen MR) is 56.6 cm³/mol. The van der Waals surface area contributed by atoms with Crippen molar-refractivity contribution in [2.75, 3.05) is 13.1 Å². The van der Waals surface area contributed by atoms with Gasteiger partial charge in [0.05, 0.1) is 13.1 Å². The molecule has 0 heterocycles. The van der Waals surface area contributed by atoms with E-state index in [1.807, 2.05) is 0 Å². The third-order valence-electron chi connectivity index (χ3n) is 1.63. The molecule has 0 rings (SSSR count). The van der Waals surface area contributed by atoms with Crippen LogP contribution in [0, 0.1) is 12.3 Å². The highest BCUT2D eigenvalue weighted by molar-refractivity contribution is 5.89. The van der Waals surface area contributed by atoms with E-state index >= 15 is 0 Å². The molecular weight excluding hydrogens is 212 g/mol. The Morgan fingerprint density at radius 3 is 2.38 bits per heavy atom. The van der Waals surface area contributed by atoms with Gasteiger partial charge in [0.25, 0.3) is 0 Å². The second kappa shape index (κ2) is 7.25. The largest absolute Gasteiger partial charge is 0.368 e. The maximum absolute atomic E-state index is 11.2. The molecule has 6 N–H and O–H groups in total. The van der Waals surface area contributed by atoms with Gasteiger partial charge in [0, 0.05) is 6.42 Å². The molecule has 88 valence electrons. The van der Waals surface area contributed by atoms with Crippen molar-refractivity contribution >= 4 is 17.7 Å². The quantitative estimate of drug-likeness (QED) is 0.361. The molecule has 0 aliphatic heterocycles. The van der Waals surface area contributed by atoms with Gasteiger partial charge >= 0.3 is 0 Å². The minimum atomic E-state index is -0.924. The van der Waals surface area contributed by atoms with E-state index in [1.165, 1.54) is 0 Å². The summed E-state index contributed by atoms with van der Waals surface area (Å²) in [5, 5.41) is 4.52. The maximum atomic E-state index is 11.2. The molecule has 0 aromatic heterocycles. The summed E-state index contributed by atoms with van der Waals surface area (Å²) in [6.45, 7) is -0.485. The average molecular weight is 226 g/mol. The molecule has 0 aromatic rings. The monoisotopic (exact) mass is 226 g/mol. The van der Waals surface area contributed by atoms with Crippen LogP contribution in [0.25, 0.3) is 0 Å². The highest BCUT2D eigenvalue weighted by Crippen LogP contribution is 1.88. The number of nitrogens with one attached hydrogen (secondary N) is 2. The summed E-state index contributed by atoms with van der Waals surface area (Å²) in [4.78, 5) is 32.8. The molecule has 0 saturated carbocycles. The first-order chi connectivity index (χ1) is 7.51. The Kier molecular flexibility index (Phi) is 6.31. The summed E-state index contributed by atoms with van der Waals surface area (Å²) in [5.74, 6) is 0.458. The second-order valence-electron chi connectivity index (χ2n) is 2.91. The van der Waals surface area contributed by atoms with Gasteiger partial charge in [-0.2, -0.15) is 0 Å². The molecule has 7 heteroatoms. The van der Waals surface area contributed by atoms with Crippen molar-refractivity contribution in [2.24, 2.45) is 11.5 Å². The SMILES string of the molecule is C#CCC(NC(=O)CNC(=O)CN)C(N)=O. The molecule has 7 nitrogen and oxygen atoms in total. The molecule has 1 atom stereocenters. The normalized spacial score (nSPS) is 11.0. The van der Waals surface area contributed by atoms with Crippen LogP contribution in [-0.2, 0) is 14.4 Å². The van der Waals surface area contributed by atoms with Crippen LogP contribution in [0.4, 0.5) is 0 Å². The molecular formula is C9H14N4O3. The number of carbonyl (C=O) groups excluding carboxylic acids is 3. The van der Waals surface area contributed by atoms with Gasteiger partial charge in [0.1, 0.15) is 6.04 Å². The van der Waals surface area contributed by atoms with Gasteiger partial charge in [-0.15, -0.1) is 12.3 Å². The van der Waals surface area contributed by atoms with Crippen LogP contribution in [0.1, 0.15) is 6.42 Å². The van der Waals surface area contributed by atoms with Gasteiger partial charge < -0.3 is 22.1 Å². The van der Waals surface area contributed by atoms with E-state index in [1.54, 1.807) is 0 Å². The van der Waals surface area contributed by atoms with E-state index in [4.69, 9.17) is 17.9 Å². The zero-order valence-electron chi connectivity index (χ0n) is 8.66. The summed E-state index contributed by atoms with van der Waals surface area (Å²) in [6.07, 6.45) is 5.00. The van der Waals surface area contributed by atoms with Gasteiger partial charge in [-0.05, 0) is 0 Å². The molecule has 0 aliphatic rings. The van der Waals surface area contributed by atoms with Gasteiger partial charge in [0.15, 0.2) is 0 Å². The zero-order valence-corrected chi connectivity index (χ0v) is 8.66. The lowest BCUT2D eigenvalue weighted by atomic mass is 10.2. The minimum absolute atomic E-state index is 0.00586. The van der Waals surface area contributed by atoms with Crippen LogP contribution < -0.4 is 22.1 Å². The van der Waals surface area contributed by atoms with Crippen LogP contribution in [0.2, 0.25) is 0 Å². The lowest BCUT2D eigenvalue weighted by Gasteiger charge is -2.12.